The molecule has 0 spiro atoms. The Morgan fingerprint density at radius 3 is 2.95 bits per heavy atom. The third-order valence-electron chi connectivity index (χ3n) is 4.36. The zero-order chi connectivity index (χ0) is 15.0. The number of fused-ring (bicyclic) bond motifs is 2. The lowest BCUT2D eigenvalue weighted by Crippen LogP contribution is -2.36. The standard InChI is InChI=1S/C17H19NO3/c1-3-21-17(20)18-7-6-14-13(9-18)8-15-11(2)4-5-12(10-19)16(14)15/h4-5,10H,3,6-9H2,1-2H3. The molecular formula is C17H19NO3. The van der Waals surface area contributed by atoms with Gasteiger partial charge in [-0.05, 0) is 54.5 Å². The maximum absolute atomic E-state index is 11.9. The van der Waals surface area contributed by atoms with Gasteiger partial charge >= 0.3 is 6.09 Å². The fourth-order valence-electron chi connectivity index (χ4n) is 3.33. The summed E-state index contributed by atoms with van der Waals surface area (Å²) in [7, 11) is 0. The van der Waals surface area contributed by atoms with Crippen LogP contribution in [0.3, 0.4) is 0 Å². The van der Waals surface area contributed by atoms with Gasteiger partial charge < -0.3 is 9.64 Å². The number of rotatable bonds is 2. The number of benzene rings is 1. The fourth-order valence-corrected chi connectivity index (χ4v) is 3.33. The highest BCUT2D eigenvalue weighted by molar-refractivity contribution is 5.91. The van der Waals surface area contributed by atoms with E-state index in [1.54, 1.807) is 4.90 Å². The molecule has 1 amide bonds. The van der Waals surface area contributed by atoms with Gasteiger partial charge in [-0.2, -0.15) is 0 Å². The zero-order valence-corrected chi connectivity index (χ0v) is 12.4. The van der Waals surface area contributed by atoms with Crippen LogP contribution in [0.15, 0.2) is 17.7 Å². The van der Waals surface area contributed by atoms with E-state index in [1.807, 2.05) is 19.1 Å². The van der Waals surface area contributed by atoms with Gasteiger partial charge in [0.2, 0.25) is 0 Å². The minimum Gasteiger partial charge on any atom is -0.450 e. The molecule has 0 saturated carbocycles. The van der Waals surface area contributed by atoms with E-state index in [-0.39, 0.29) is 6.09 Å². The van der Waals surface area contributed by atoms with Crippen molar-refractivity contribution in [3.8, 4) is 0 Å². The van der Waals surface area contributed by atoms with E-state index in [0.29, 0.717) is 19.7 Å². The Labute approximate surface area is 124 Å². The largest absolute Gasteiger partial charge is 0.450 e. The molecule has 0 radical (unpaired) electrons. The monoisotopic (exact) mass is 285 g/mol. The molecule has 0 unspecified atom stereocenters. The van der Waals surface area contributed by atoms with E-state index < -0.39 is 0 Å². The SMILES string of the molecule is CCOC(=O)N1CCC2=C(Cc3c(C)ccc(C=O)c32)C1. The van der Waals surface area contributed by atoms with Crippen molar-refractivity contribution in [2.45, 2.75) is 26.7 Å². The van der Waals surface area contributed by atoms with Gasteiger partial charge in [-0.1, -0.05) is 12.1 Å². The smallest absolute Gasteiger partial charge is 0.410 e. The minimum atomic E-state index is -0.243. The summed E-state index contributed by atoms with van der Waals surface area (Å²) in [6.07, 6.45) is 2.33. The van der Waals surface area contributed by atoms with Gasteiger partial charge in [-0.15, -0.1) is 0 Å². The Kier molecular flexibility index (Phi) is 3.53. The molecule has 1 aliphatic heterocycles. The number of aryl methyl sites for hydroxylation is 1. The van der Waals surface area contributed by atoms with E-state index >= 15 is 0 Å². The molecule has 1 aromatic rings. The highest BCUT2D eigenvalue weighted by Gasteiger charge is 2.31. The van der Waals surface area contributed by atoms with Gasteiger partial charge in [0, 0.05) is 18.7 Å². The second-order valence-corrected chi connectivity index (χ2v) is 5.57. The molecule has 110 valence electrons. The fraction of sp³-hybridized carbons (Fsp3) is 0.412. The molecule has 0 fully saturated rings. The van der Waals surface area contributed by atoms with Crippen LogP contribution in [-0.2, 0) is 11.2 Å². The van der Waals surface area contributed by atoms with Crippen LogP contribution in [-0.4, -0.2) is 37.0 Å². The number of nitrogens with zero attached hydrogens (tertiary/aromatic N) is 1. The predicted molar refractivity (Wildman–Crippen MR) is 80.4 cm³/mol. The lowest BCUT2D eigenvalue weighted by molar-refractivity contribution is 0.109. The molecule has 0 aromatic heterocycles. The van der Waals surface area contributed by atoms with Crippen LogP contribution in [0.5, 0.6) is 0 Å². The van der Waals surface area contributed by atoms with E-state index in [0.717, 1.165) is 30.3 Å². The van der Waals surface area contributed by atoms with Crippen molar-refractivity contribution in [1.82, 2.24) is 4.90 Å². The van der Waals surface area contributed by atoms with Crippen LogP contribution >= 0.6 is 0 Å². The molecule has 4 nitrogen and oxygen atoms in total. The van der Waals surface area contributed by atoms with Crippen molar-refractivity contribution >= 4 is 18.0 Å². The van der Waals surface area contributed by atoms with Crippen LogP contribution in [0.4, 0.5) is 4.79 Å². The molecule has 0 saturated heterocycles. The Balaban J connectivity index is 1.93. The van der Waals surface area contributed by atoms with Gasteiger partial charge in [-0.3, -0.25) is 4.79 Å². The van der Waals surface area contributed by atoms with E-state index in [1.165, 1.54) is 22.3 Å². The predicted octanol–water partition coefficient (Wildman–Crippen LogP) is 2.98. The molecule has 2 aliphatic rings. The summed E-state index contributed by atoms with van der Waals surface area (Å²) < 4.78 is 5.08. The molecule has 1 heterocycles. The van der Waals surface area contributed by atoms with Crippen LogP contribution in [0.25, 0.3) is 5.57 Å². The summed E-state index contributed by atoms with van der Waals surface area (Å²) in [5.41, 5.74) is 6.86. The summed E-state index contributed by atoms with van der Waals surface area (Å²) in [5.74, 6) is 0. The number of amides is 1. The van der Waals surface area contributed by atoms with Crippen LogP contribution in [0.1, 0.15) is 40.4 Å². The van der Waals surface area contributed by atoms with Gasteiger partial charge in [0.1, 0.15) is 0 Å². The highest BCUT2D eigenvalue weighted by atomic mass is 16.6. The maximum Gasteiger partial charge on any atom is 0.410 e. The first-order chi connectivity index (χ1) is 10.2. The van der Waals surface area contributed by atoms with Crippen LogP contribution in [0.2, 0.25) is 0 Å². The summed E-state index contributed by atoms with van der Waals surface area (Å²) in [5, 5.41) is 0. The molecule has 0 atom stereocenters. The van der Waals surface area contributed by atoms with Crippen molar-refractivity contribution in [3.63, 3.8) is 0 Å². The summed E-state index contributed by atoms with van der Waals surface area (Å²) in [6.45, 7) is 5.56. The Hall–Kier alpha value is -2.10. The quantitative estimate of drug-likeness (QED) is 0.785. The third kappa shape index (κ3) is 2.24. The van der Waals surface area contributed by atoms with Crippen molar-refractivity contribution < 1.29 is 14.3 Å². The molecule has 0 N–H and O–H groups in total. The average molecular weight is 285 g/mol. The van der Waals surface area contributed by atoms with Gasteiger partial charge in [0.15, 0.2) is 6.29 Å². The second kappa shape index (κ2) is 5.35. The molecule has 21 heavy (non-hydrogen) atoms. The summed E-state index contributed by atoms with van der Waals surface area (Å²) in [4.78, 5) is 24.9. The first kappa shape index (κ1) is 13.9. The third-order valence-corrected chi connectivity index (χ3v) is 4.36. The van der Waals surface area contributed by atoms with Gasteiger partial charge in [0.25, 0.3) is 0 Å². The minimum absolute atomic E-state index is 0.243. The topological polar surface area (TPSA) is 46.6 Å². The first-order valence-electron chi connectivity index (χ1n) is 7.36. The van der Waals surface area contributed by atoms with Crippen LogP contribution < -0.4 is 0 Å². The lowest BCUT2D eigenvalue weighted by atomic mass is 9.94. The molecule has 1 aliphatic carbocycles. The first-order valence-corrected chi connectivity index (χ1v) is 7.36. The van der Waals surface area contributed by atoms with E-state index in [2.05, 4.69) is 6.92 Å². The molecule has 4 heteroatoms. The number of hydrogen-bond acceptors (Lipinski definition) is 3. The van der Waals surface area contributed by atoms with Gasteiger partial charge in [-0.25, -0.2) is 4.79 Å². The second-order valence-electron chi connectivity index (χ2n) is 5.57. The Bertz CT molecular complexity index is 646. The van der Waals surface area contributed by atoms with Crippen molar-refractivity contribution in [1.29, 1.82) is 0 Å². The van der Waals surface area contributed by atoms with Crippen LogP contribution in [0, 0.1) is 6.92 Å². The molecule has 1 aromatic carbocycles. The normalized spacial score (nSPS) is 16.6. The number of ether oxygens (including phenoxy) is 1. The molecule has 3 rings (SSSR count). The molecule has 0 bridgehead atoms. The number of carbonyl (C=O) groups excluding carboxylic acids is 2. The number of carbonyl (C=O) groups is 2. The Morgan fingerprint density at radius 1 is 1.43 bits per heavy atom. The average Bonchev–Trinajstić information content (AvgIpc) is 2.87. The van der Waals surface area contributed by atoms with Crippen molar-refractivity contribution in [3.05, 3.63) is 40.0 Å². The van der Waals surface area contributed by atoms with E-state index in [4.69, 9.17) is 4.74 Å². The van der Waals surface area contributed by atoms with Crippen molar-refractivity contribution in [2.75, 3.05) is 19.7 Å². The number of aldehydes is 1. The summed E-state index contributed by atoms with van der Waals surface area (Å²) >= 11 is 0. The Morgan fingerprint density at radius 2 is 2.24 bits per heavy atom. The highest BCUT2D eigenvalue weighted by Crippen LogP contribution is 2.41. The van der Waals surface area contributed by atoms with Crippen molar-refractivity contribution in [2.24, 2.45) is 0 Å². The lowest BCUT2D eigenvalue weighted by Gasteiger charge is -2.27. The maximum atomic E-state index is 11.9. The molecular weight excluding hydrogens is 266 g/mol. The van der Waals surface area contributed by atoms with E-state index in [9.17, 15) is 9.59 Å². The van der Waals surface area contributed by atoms with Gasteiger partial charge in [0.05, 0.1) is 6.61 Å². The summed E-state index contributed by atoms with van der Waals surface area (Å²) in [6, 6.07) is 3.90. The number of hydrogen-bond donors (Lipinski definition) is 0. The zero-order valence-electron chi connectivity index (χ0n) is 12.4.